The highest BCUT2D eigenvalue weighted by molar-refractivity contribution is 6.29. The number of benzene rings is 7. The Kier molecular flexibility index (Phi) is 6.49. The van der Waals surface area contributed by atoms with Crippen molar-refractivity contribution in [1.82, 2.24) is 9.88 Å². The van der Waals surface area contributed by atoms with Crippen LogP contribution < -0.4 is 5.32 Å². The number of nitrogens with one attached hydrogen (secondary N) is 1. The zero-order valence-electron chi connectivity index (χ0n) is 27.0. The lowest BCUT2D eigenvalue weighted by atomic mass is 10.0. The molecule has 1 N–H and O–H groups in total. The van der Waals surface area contributed by atoms with Gasteiger partial charge < -0.3 is 14.3 Å². The van der Waals surface area contributed by atoms with E-state index in [1.54, 1.807) is 0 Å². The molecule has 50 heavy (non-hydrogen) atoms. The van der Waals surface area contributed by atoms with Gasteiger partial charge in [-0.25, -0.2) is 9.98 Å². The first-order valence-electron chi connectivity index (χ1n) is 16.9. The van der Waals surface area contributed by atoms with Gasteiger partial charge in [-0.3, -0.25) is 0 Å². The number of furan rings is 1. The first kappa shape index (κ1) is 28.3. The molecule has 1 aliphatic heterocycles. The molecule has 7 aromatic carbocycles. The number of rotatable bonds is 5. The Morgan fingerprint density at radius 3 is 2.04 bits per heavy atom. The van der Waals surface area contributed by atoms with Gasteiger partial charge in [-0.05, 0) is 59.2 Å². The quantitative estimate of drug-likeness (QED) is 0.203. The molecule has 1 aliphatic rings. The van der Waals surface area contributed by atoms with Gasteiger partial charge in [-0.1, -0.05) is 127 Å². The molecule has 10 rings (SSSR count). The van der Waals surface area contributed by atoms with E-state index in [0.717, 1.165) is 66.7 Å². The molecule has 0 aliphatic carbocycles. The Morgan fingerprint density at radius 2 is 1.22 bits per heavy atom. The lowest BCUT2D eigenvalue weighted by Gasteiger charge is -2.24. The van der Waals surface area contributed by atoms with Crippen molar-refractivity contribution in [1.29, 1.82) is 0 Å². The number of aromatic nitrogens is 1. The minimum atomic E-state index is -0.356. The van der Waals surface area contributed by atoms with Crippen molar-refractivity contribution in [2.45, 2.75) is 6.17 Å². The Morgan fingerprint density at radius 1 is 0.540 bits per heavy atom. The van der Waals surface area contributed by atoms with Crippen LogP contribution in [-0.4, -0.2) is 16.2 Å². The summed E-state index contributed by atoms with van der Waals surface area (Å²) in [6, 6.07) is 59.0. The van der Waals surface area contributed by atoms with Crippen LogP contribution in [0.4, 0.5) is 0 Å². The van der Waals surface area contributed by atoms with E-state index in [1.807, 2.05) is 30.3 Å². The zero-order chi connectivity index (χ0) is 33.0. The third-order valence-corrected chi connectivity index (χ3v) is 9.65. The van der Waals surface area contributed by atoms with Crippen LogP contribution in [0, 0.1) is 0 Å². The molecule has 0 spiro atoms. The summed E-state index contributed by atoms with van der Waals surface area (Å²) in [4.78, 5) is 10.4. The average Bonchev–Trinajstić information content (AvgIpc) is 3.75. The molecule has 2 aromatic heterocycles. The summed E-state index contributed by atoms with van der Waals surface area (Å²) in [5.41, 5.74) is 10.3. The molecule has 1 unspecified atom stereocenters. The summed E-state index contributed by atoms with van der Waals surface area (Å²) >= 11 is 0. The molecule has 9 aromatic rings. The molecule has 0 saturated carbocycles. The summed E-state index contributed by atoms with van der Waals surface area (Å²) in [6.45, 7) is 0. The molecular formula is C45H30N4O. The molecule has 0 fully saturated rings. The molecule has 5 nitrogen and oxygen atoms in total. The van der Waals surface area contributed by atoms with Crippen LogP contribution in [0.25, 0.3) is 60.6 Å². The fraction of sp³-hybridized carbons (Fsp3) is 0.0222. The molecule has 0 amide bonds. The van der Waals surface area contributed by atoms with Crippen LogP contribution in [-0.2, 0) is 0 Å². The predicted octanol–water partition coefficient (Wildman–Crippen LogP) is 10.8. The number of hydrogen-bond donors (Lipinski definition) is 1. The predicted molar refractivity (Wildman–Crippen MR) is 205 cm³/mol. The van der Waals surface area contributed by atoms with Crippen LogP contribution in [0.3, 0.4) is 0 Å². The van der Waals surface area contributed by atoms with E-state index in [9.17, 15) is 0 Å². The summed E-state index contributed by atoms with van der Waals surface area (Å²) < 4.78 is 9.00. The third kappa shape index (κ3) is 4.55. The van der Waals surface area contributed by atoms with Gasteiger partial charge >= 0.3 is 0 Å². The second-order valence-electron chi connectivity index (χ2n) is 12.6. The Bertz CT molecular complexity index is 2780. The molecular weight excluding hydrogens is 613 g/mol. The number of aliphatic imine (C=N–C) groups is 2. The molecule has 5 heteroatoms. The SMILES string of the molecule is c1ccc(C2=NC(c3cccc(-c4ccccc4)c3)NC(c3cccc4oc5ccc6c7ccccc7n(-c7ccccc7)c6c5c34)=N2)cc1. The smallest absolute Gasteiger partial charge is 0.159 e. The second kappa shape index (κ2) is 11.5. The standard InChI is InChI=1S/C45H30N4O/c1-4-14-29(15-5-1)31-18-12-19-32(28-31)44-46-43(30-16-6-2-7-17-30)47-45(48-44)36-23-13-25-38-40(36)41-39(50-38)27-26-35-34-22-10-11-24-37(34)49(42(35)41)33-20-8-3-9-21-33/h1-28,44H,(H,46,47,48). The van der Waals surface area contributed by atoms with Gasteiger partial charge in [0.15, 0.2) is 5.84 Å². The lowest BCUT2D eigenvalue weighted by Crippen LogP contribution is -2.33. The van der Waals surface area contributed by atoms with Crippen LogP contribution >= 0.6 is 0 Å². The maximum absolute atomic E-state index is 6.64. The molecule has 236 valence electrons. The number of nitrogens with zero attached hydrogens (tertiary/aromatic N) is 3. The fourth-order valence-corrected chi connectivity index (χ4v) is 7.39. The fourth-order valence-electron chi connectivity index (χ4n) is 7.39. The van der Waals surface area contributed by atoms with Gasteiger partial charge in [0.25, 0.3) is 0 Å². The first-order chi connectivity index (χ1) is 24.8. The lowest BCUT2D eigenvalue weighted by molar-refractivity contribution is 0.668. The Balaban J connectivity index is 1.22. The van der Waals surface area contributed by atoms with Crippen molar-refractivity contribution >= 4 is 55.4 Å². The zero-order valence-corrected chi connectivity index (χ0v) is 27.0. The Labute approximate surface area is 288 Å². The van der Waals surface area contributed by atoms with Crippen molar-refractivity contribution in [2.75, 3.05) is 0 Å². The van der Waals surface area contributed by atoms with E-state index in [1.165, 1.54) is 16.3 Å². The molecule has 1 atom stereocenters. The topological polar surface area (TPSA) is 54.8 Å². The minimum Gasteiger partial charge on any atom is -0.456 e. The van der Waals surface area contributed by atoms with E-state index in [4.69, 9.17) is 14.4 Å². The molecule has 3 heterocycles. The highest BCUT2D eigenvalue weighted by atomic mass is 16.3. The van der Waals surface area contributed by atoms with Gasteiger partial charge in [0.2, 0.25) is 0 Å². The summed E-state index contributed by atoms with van der Waals surface area (Å²) in [5, 5.41) is 8.20. The van der Waals surface area contributed by atoms with E-state index in [2.05, 4.69) is 149 Å². The number of hydrogen-bond acceptors (Lipinski definition) is 4. The highest BCUT2D eigenvalue weighted by Crippen LogP contribution is 2.42. The number of fused-ring (bicyclic) bond motifs is 7. The van der Waals surface area contributed by atoms with Gasteiger partial charge in [0.05, 0.1) is 16.4 Å². The highest BCUT2D eigenvalue weighted by Gasteiger charge is 2.26. The van der Waals surface area contributed by atoms with Crippen LogP contribution in [0.2, 0.25) is 0 Å². The van der Waals surface area contributed by atoms with E-state index in [-0.39, 0.29) is 6.17 Å². The van der Waals surface area contributed by atoms with Gasteiger partial charge in [0, 0.05) is 33.0 Å². The maximum atomic E-state index is 6.64. The van der Waals surface area contributed by atoms with Crippen LogP contribution in [0.5, 0.6) is 0 Å². The van der Waals surface area contributed by atoms with Crippen molar-refractivity contribution in [3.05, 3.63) is 187 Å². The van der Waals surface area contributed by atoms with Crippen molar-refractivity contribution in [2.24, 2.45) is 9.98 Å². The van der Waals surface area contributed by atoms with Crippen molar-refractivity contribution < 1.29 is 4.42 Å². The van der Waals surface area contributed by atoms with Gasteiger partial charge in [-0.2, -0.15) is 0 Å². The largest absolute Gasteiger partial charge is 0.456 e. The third-order valence-electron chi connectivity index (χ3n) is 9.65. The van der Waals surface area contributed by atoms with E-state index < -0.39 is 0 Å². The summed E-state index contributed by atoms with van der Waals surface area (Å²) in [6.07, 6.45) is -0.356. The number of amidine groups is 2. The van der Waals surface area contributed by atoms with Gasteiger partial charge in [-0.15, -0.1) is 0 Å². The van der Waals surface area contributed by atoms with Crippen LogP contribution in [0.1, 0.15) is 22.9 Å². The van der Waals surface area contributed by atoms with E-state index >= 15 is 0 Å². The van der Waals surface area contributed by atoms with Gasteiger partial charge in [0.1, 0.15) is 23.2 Å². The molecule has 0 saturated heterocycles. The maximum Gasteiger partial charge on any atom is 0.159 e. The summed E-state index contributed by atoms with van der Waals surface area (Å²) in [5.74, 6) is 1.43. The van der Waals surface area contributed by atoms with Crippen LogP contribution in [0.15, 0.2) is 184 Å². The molecule has 0 radical (unpaired) electrons. The Hall–Kier alpha value is -6.72. The summed E-state index contributed by atoms with van der Waals surface area (Å²) in [7, 11) is 0. The molecule has 0 bridgehead atoms. The van der Waals surface area contributed by atoms with Crippen molar-refractivity contribution in [3.8, 4) is 16.8 Å². The normalized spacial score (nSPS) is 14.6. The van der Waals surface area contributed by atoms with Crippen molar-refractivity contribution in [3.63, 3.8) is 0 Å². The minimum absolute atomic E-state index is 0.356. The monoisotopic (exact) mass is 642 g/mol. The first-order valence-corrected chi connectivity index (χ1v) is 16.9. The average molecular weight is 643 g/mol. The second-order valence-corrected chi connectivity index (χ2v) is 12.6. The number of para-hydroxylation sites is 2. The van der Waals surface area contributed by atoms with E-state index in [0.29, 0.717) is 5.84 Å².